The highest BCUT2D eigenvalue weighted by Crippen LogP contribution is 2.38. The first-order valence-corrected chi connectivity index (χ1v) is 10.3. The van der Waals surface area contributed by atoms with Gasteiger partial charge in [-0.2, -0.15) is 0 Å². The van der Waals surface area contributed by atoms with Crippen LogP contribution in [0.25, 0.3) is 0 Å². The molecule has 1 amide bonds. The molecule has 180 valence electrons. The average Bonchev–Trinajstić information content (AvgIpc) is 2.76. The van der Waals surface area contributed by atoms with Crippen LogP contribution in [0.3, 0.4) is 0 Å². The maximum atomic E-state index is 13.1. The number of hydrogen-bond donors (Lipinski definition) is 2. The van der Waals surface area contributed by atoms with Crippen molar-refractivity contribution in [2.24, 2.45) is 5.92 Å². The summed E-state index contributed by atoms with van der Waals surface area (Å²) >= 11 is 0. The van der Waals surface area contributed by atoms with Gasteiger partial charge in [-0.05, 0) is 6.92 Å². The van der Waals surface area contributed by atoms with Crippen molar-refractivity contribution < 1.29 is 43.1 Å². The van der Waals surface area contributed by atoms with Crippen molar-refractivity contribution in [1.29, 1.82) is 0 Å². The minimum absolute atomic E-state index is 0.0707. The molecule has 9 atom stereocenters. The lowest BCUT2D eigenvalue weighted by molar-refractivity contribution is -0.299. The van der Waals surface area contributed by atoms with E-state index in [1.54, 1.807) is 0 Å². The van der Waals surface area contributed by atoms with E-state index in [2.05, 4.69) is 11.9 Å². The summed E-state index contributed by atoms with van der Waals surface area (Å²) in [6.45, 7) is 8.09. The number of amides is 1. The first kappa shape index (κ1) is 26.1. The summed E-state index contributed by atoms with van der Waals surface area (Å²) in [6.07, 6.45) is -4.92. The average molecular weight is 448 g/mol. The fourth-order valence-corrected chi connectivity index (χ4v) is 4.22. The Kier molecular flexibility index (Phi) is 9.41. The highest BCUT2D eigenvalue weighted by Gasteiger charge is 2.52. The van der Waals surface area contributed by atoms with Gasteiger partial charge in [0, 0.05) is 47.9 Å². The predicted octanol–water partition coefficient (Wildman–Crippen LogP) is 0.224. The SMILES string of the molecule is C=C1C[C@](OC)([C@H](O)C(=O)N[C@@H]2O[C@H](COC)[C@@H](OC)[C@H](OC)[C@H]2OC)O[C@H](C)[C@@H]1C. The second-order valence-electron chi connectivity index (χ2n) is 8.03. The first-order chi connectivity index (χ1) is 14.7. The van der Waals surface area contributed by atoms with Crippen LogP contribution in [0.5, 0.6) is 0 Å². The van der Waals surface area contributed by atoms with Gasteiger partial charge in [0.25, 0.3) is 5.91 Å². The van der Waals surface area contributed by atoms with Crippen molar-refractivity contribution in [3.8, 4) is 0 Å². The molecule has 0 spiro atoms. The molecule has 0 unspecified atom stereocenters. The second-order valence-corrected chi connectivity index (χ2v) is 8.03. The second kappa shape index (κ2) is 11.2. The van der Waals surface area contributed by atoms with Crippen molar-refractivity contribution in [3.63, 3.8) is 0 Å². The fourth-order valence-electron chi connectivity index (χ4n) is 4.22. The number of aliphatic hydroxyl groups excluding tert-OH is 1. The molecule has 2 rings (SSSR count). The largest absolute Gasteiger partial charge is 0.382 e. The molecule has 0 aromatic heterocycles. The number of aliphatic hydroxyl groups is 1. The van der Waals surface area contributed by atoms with Gasteiger partial charge >= 0.3 is 0 Å². The van der Waals surface area contributed by atoms with E-state index >= 15 is 0 Å². The Morgan fingerprint density at radius 3 is 2.26 bits per heavy atom. The molecule has 0 saturated carbocycles. The zero-order valence-corrected chi connectivity index (χ0v) is 19.5. The van der Waals surface area contributed by atoms with Gasteiger partial charge in [0.2, 0.25) is 5.79 Å². The number of hydrogen-bond acceptors (Lipinski definition) is 9. The van der Waals surface area contributed by atoms with E-state index in [-0.39, 0.29) is 25.0 Å². The molecule has 10 heteroatoms. The Hall–Kier alpha value is -1.11. The van der Waals surface area contributed by atoms with Gasteiger partial charge in [0.15, 0.2) is 12.3 Å². The highest BCUT2D eigenvalue weighted by atomic mass is 16.7. The van der Waals surface area contributed by atoms with Crippen LogP contribution in [-0.4, -0.2) is 102 Å². The normalized spacial score (nSPS) is 39.9. The van der Waals surface area contributed by atoms with Crippen molar-refractivity contribution in [1.82, 2.24) is 5.32 Å². The van der Waals surface area contributed by atoms with Gasteiger partial charge in [-0.15, -0.1) is 0 Å². The van der Waals surface area contributed by atoms with E-state index in [1.807, 2.05) is 13.8 Å². The summed E-state index contributed by atoms with van der Waals surface area (Å²) in [4.78, 5) is 13.1. The van der Waals surface area contributed by atoms with Crippen molar-refractivity contribution in [3.05, 3.63) is 12.2 Å². The first-order valence-electron chi connectivity index (χ1n) is 10.3. The molecule has 0 aromatic carbocycles. The van der Waals surface area contributed by atoms with Crippen LogP contribution in [0.15, 0.2) is 12.2 Å². The lowest BCUT2D eigenvalue weighted by Crippen LogP contribution is -2.67. The van der Waals surface area contributed by atoms with Gasteiger partial charge in [0.05, 0.1) is 12.7 Å². The maximum Gasteiger partial charge on any atom is 0.256 e. The van der Waals surface area contributed by atoms with E-state index in [0.717, 1.165) is 5.57 Å². The number of carbonyl (C=O) groups excluding carboxylic acids is 1. The zero-order chi connectivity index (χ0) is 23.3. The molecule has 10 nitrogen and oxygen atoms in total. The lowest BCUT2D eigenvalue weighted by Gasteiger charge is -2.47. The number of rotatable bonds is 9. The van der Waals surface area contributed by atoms with E-state index in [9.17, 15) is 9.90 Å². The molecule has 0 bridgehead atoms. The third kappa shape index (κ3) is 5.28. The molecule has 2 saturated heterocycles. The van der Waals surface area contributed by atoms with Crippen LogP contribution in [-0.2, 0) is 38.0 Å². The van der Waals surface area contributed by atoms with Crippen molar-refractivity contribution in [2.45, 2.75) is 68.9 Å². The summed E-state index contributed by atoms with van der Waals surface area (Å²) in [5.74, 6) is -2.21. The lowest BCUT2D eigenvalue weighted by atomic mass is 9.85. The van der Waals surface area contributed by atoms with E-state index in [1.165, 1.54) is 35.5 Å². The Bertz CT molecular complexity index is 618. The van der Waals surface area contributed by atoms with E-state index in [0.29, 0.717) is 0 Å². The predicted molar refractivity (Wildman–Crippen MR) is 110 cm³/mol. The summed E-state index contributed by atoms with van der Waals surface area (Å²) in [6, 6.07) is 0. The molecule has 31 heavy (non-hydrogen) atoms. The zero-order valence-electron chi connectivity index (χ0n) is 19.5. The Labute approximate surface area is 184 Å². The van der Waals surface area contributed by atoms with Crippen molar-refractivity contribution in [2.75, 3.05) is 42.2 Å². The van der Waals surface area contributed by atoms with Crippen LogP contribution < -0.4 is 5.32 Å². The van der Waals surface area contributed by atoms with Gasteiger partial charge in [0.1, 0.15) is 24.4 Å². The smallest absolute Gasteiger partial charge is 0.256 e. The number of ether oxygens (including phenoxy) is 7. The number of nitrogens with one attached hydrogen (secondary N) is 1. The van der Waals surface area contributed by atoms with E-state index < -0.39 is 48.4 Å². The molecule has 0 aliphatic carbocycles. The molecular formula is C21H37NO9. The minimum atomic E-state index is -1.63. The maximum absolute atomic E-state index is 13.1. The van der Waals surface area contributed by atoms with Gasteiger partial charge in [-0.1, -0.05) is 19.1 Å². The Morgan fingerprint density at radius 2 is 1.77 bits per heavy atom. The molecular weight excluding hydrogens is 410 g/mol. The standard InChI is InChI=1S/C21H37NO9/c1-11-9-21(29-8,31-13(3)12(11)2)18(23)19(24)22-20-17(28-7)16(27-6)15(26-5)14(30-20)10-25-4/h12-18,20,23H,1,9-10H2,2-8H3,(H,22,24)/t12-,13-,14-,15-,16+,17-,18-,20-,21-/m1/s1. The van der Waals surface area contributed by atoms with Gasteiger partial charge in [-0.3, -0.25) is 4.79 Å². The molecule has 0 radical (unpaired) electrons. The number of carbonyl (C=O) groups is 1. The van der Waals surface area contributed by atoms with Crippen LogP contribution in [0, 0.1) is 5.92 Å². The van der Waals surface area contributed by atoms with Crippen LogP contribution >= 0.6 is 0 Å². The molecule has 2 aliphatic heterocycles. The quantitative estimate of drug-likeness (QED) is 0.479. The van der Waals surface area contributed by atoms with Crippen LogP contribution in [0.1, 0.15) is 20.3 Å². The Balaban J connectivity index is 2.22. The van der Waals surface area contributed by atoms with Gasteiger partial charge in [-0.25, -0.2) is 0 Å². The summed E-state index contributed by atoms with van der Waals surface area (Å²) < 4.78 is 39.3. The Morgan fingerprint density at radius 1 is 1.16 bits per heavy atom. The molecule has 2 N–H and O–H groups in total. The van der Waals surface area contributed by atoms with Crippen molar-refractivity contribution >= 4 is 5.91 Å². The fraction of sp³-hybridized carbons (Fsp3) is 0.857. The summed E-state index contributed by atoms with van der Waals surface area (Å²) in [5, 5.41) is 13.6. The summed E-state index contributed by atoms with van der Waals surface area (Å²) in [5.41, 5.74) is 0.832. The highest BCUT2D eigenvalue weighted by molar-refractivity contribution is 5.82. The molecule has 2 aliphatic rings. The minimum Gasteiger partial charge on any atom is -0.382 e. The third-order valence-electron chi connectivity index (χ3n) is 6.28. The van der Waals surface area contributed by atoms with Gasteiger partial charge < -0.3 is 43.6 Å². The molecule has 0 aromatic rings. The monoisotopic (exact) mass is 447 g/mol. The van der Waals surface area contributed by atoms with Crippen LogP contribution in [0.4, 0.5) is 0 Å². The summed E-state index contributed by atoms with van der Waals surface area (Å²) in [7, 11) is 7.47. The van der Waals surface area contributed by atoms with E-state index in [4.69, 9.17) is 33.2 Å². The molecule has 2 heterocycles. The number of methoxy groups -OCH3 is 5. The van der Waals surface area contributed by atoms with Crippen LogP contribution in [0.2, 0.25) is 0 Å². The molecule has 2 fully saturated rings. The topological polar surface area (TPSA) is 114 Å². The third-order valence-corrected chi connectivity index (χ3v) is 6.28.